The van der Waals surface area contributed by atoms with Gasteiger partial charge in [0.25, 0.3) is 0 Å². The number of carbonyl (C=O) groups is 1. The molecule has 0 amide bonds. The molecule has 2 nitrogen and oxygen atoms in total. The van der Waals surface area contributed by atoms with Crippen LogP contribution in [0.1, 0.15) is 43.9 Å². The summed E-state index contributed by atoms with van der Waals surface area (Å²) in [5.74, 6) is 0.213. The summed E-state index contributed by atoms with van der Waals surface area (Å²) < 4.78 is 0. The Morgan fingerprint density at radius 1 is 1.00 bits per heavy atom. The quantitative estimate of drug-likeness (QED) is 0.441. The lowest BCUT2D eigenvalue weighted by Crippen LogP contribution is -2.32. The number of allylic oxidation sites excluding steroid dienone is 1. The number of benzene rings is 3. The van der Waals surface area contributed by atoms with Crippen LogP contribution in [0.5, 0.6) is 0 Å². The molecule has 0 aromatic heterocycles. The summed E-state index contributed by atoms with van der Waals surface area (Å²) in [6, 6.07) is 17.9. The summed E-state index contributed by atoms with van der Waals surface area (Å²) in [4.78, 5) is 13.4. The number of Topliss-reactive ketones (excluding diaryl/α,β-unsaturated/α-hetero) is 1. The molecular formula is C25H21Cl2NO. The molecule has 1 aliphatic carbocycles. The molecule has 0 saturated heterocycles. The first-order chi connectivity index (χ1) is 13.8. The highest BCUT2D eigenvalue weighted by molar-refractivity contribution is 6.35. The summed E-state index contributed by atoms with van der Waals surface area (Å²) in [5, 5.41) is 7.15. The lowest BCUT2D eigenvalue weighted by atomic mass is 9.68. The maximum atomic E-state index is 13.4. The van der Waals surface area contributed by atoms with E-state index in [-0.39, 0.29) is 17.2 Å². The van der Waals surface area contributed by atoms with Crippen molar-refractivity contribution in [2.45, 2.75) is 32.7 Å². The smallest absolute Gasteiger partial charge is 0.164 e. The van der Waals surface area contributed by atoms with E-state index in [1.807, 2.05) is 24.3 Å². The van der Waals surface area contributed by atoms with Gasteiger partial charge in [-0.3, -0.25) is 4.79 Å². The predicted molar refractivity (Wildman–Crippen MR) is 122 cm³/mol. The van der Waals surface area contributed by atoms with Crippen molar-refractivity contribution in [3.05, 3.63) is 81.3 Å². The van der Waals surface area contributed by atoms with Gasteiger partial charge in [-0.25, -0.2) is 0 Å². The van der Waals surface area contributed by atoms with Crippen molar-refractivity contribution in [1.82, 2.24) is 0 Å². The third kappa shape index (κ3) is 3.06. The fraction of sp³-hybridized carbons (Fsp3) is 0.240. The molecule has 0 spiro atoms. The van der Waals surface area contributed by atoms with Crippen LogP contribution in [-0.4, -0.2) is 5.78 Å². The molecule has 4 heteroatoms. The maximum absolute atomic E-state index is 13.4. The SMILES string of the molecule is CC1(C)CC(=O)C2=C(C1)[C@H](c1ccc(Cl)cc1Cl)Nc1ccc3ccccc3c12. The fourth-order valence-corrected chi connectivity index (χ4v) is 5.34. The van der Waals surface area contributed by atoms with Crippen LogP contribution < -0.4 is 5.32 Å². The summed E-state index contributed by atoms with van der Waals surface area (Å²) in [7, 11) is 0. The minimum atomic E-state index is -0.146. The van der Waals surface area contributed by atoms with Crippen molar-refractivity contribution in [3.63, 3.8) is 0 Å². The molecule has 0 saturated carbocycles. The third-order valence-corrected chi connectivity index (χ3v) is 6.57. The van der Waals surface area contributed by atoms with Gasteiger partial charge in [0.2, 0.25) is 0 Å². The lowest BCUT2D eigenvalue weighted by molar-refractivity contribution is -0.116. The van der Waals surface area contributed by atoms with Gasteiger partial charge in [0, 0.05) is 33.3 Å². The van der Waals surface area contributed by atoms with Crippen LogP contribution >= 0.6 is 23.2 Å². The standard InChI is InChI=1S/C25H21Cl2NO/c1-25(2)12-18-23(21(29)13-25)22-16-6-4-3-5-14(16)7-10-20(22)28-24(18)17-9-8-15(26)11-19(17)27/h3-11,24,28H,12-13H2,1-2H3/t24-/m0/s1. The molecule has 29 heavy (non-hydrogen) atoms. The van der Waals surface area contributed by atoms with E-state index in [0.29, 0.717) is 16.5 Å². The molecule has 1 heterocycles. The topological polar surface area (TPSA) is 29.1 Å². The monoisotopic (exact) mass is 421 g/mol. The van der Waals surface area contributed by atoms with Gasteiger partial charge in [-0.15, -0.1) is 0 Å². The Morgan fingerprint density at radius 2 is 1.79 bits per heavy atom. The van der Waals surface area contributed by atoms with Gasteiger partial charge in [-0.2, -0.15) is 0 Å². The molecule has 146 valence electrons. The van der Waals surface area contributed by atoms with Gasteiger partial charge < -0.3 is 5.32 Å². The molecule has 0 fully saturated rings. The van der Waals surface area contributed by atoms with Crippen molar-refractivity contribution >= 4 is 51.0 Å². The van der Waals surface area contributed by atoms with Crippen LogP contribution in [0.4, 0.5) is 5.69 Å². The Kier molecular flexibility index (Phi) is 4.27. The molecule has 1 atom stereocenters. The molecule has 0 unspecified atom stereocenters. The number of carbonyl (C=O) groups excluding carboxylic acids is 1. The van der Waals surface area contributed by atoms with Crippen molar-refractivity contribution in [2.24, 2.45) is 5.41 Å². The average Bonchev–Trinajstić information content (AvgIpc) is 2.66. The van der Waals surface area contributed by atoms with Crippen LogP contribution in [0.15, 0.2) is 60.2 Å². The third-order valence-electron chi connectivity index (χ3n) is 6.01. The average molecular weight is 422 g/mol. The summed E-state index contributed by atoms with van der Waals surface area (Å²) in [6.45, 7) is 4.32. The van der Waals surface area contributed by atoms with Gasteiger partial charge in [0.1, 0.15) is 0 Å². The normalized spacial score (nSPS) is 20.3. The summed E-state index contributed by atoms with van der Waals surface area (Å²) in [5.41, 5.74) is 4.86. The van der Waals surface area contributed by atoms with Crippen LogP contribution in [0, 0.1) is 5.41 Å². The minimum absolute atomic E-state index is 0.0865. The van der Waals surface area contributed by atoms with Crippen LogP contribution in [0.3, 0.4) is 0 Å². The molecule has 2 aliphatic rings. The lowest BCUT2D eigenvalue weighted by Gasteiger charge is -2.40. The van der Waals surface area contributed by atoms with Gasteiger partial charge in [0.05, 0.1) is 6.04 Å². The Morgan fingerprint density at radius 3 is 2.59 bits per heavy atom. The van der Waals surface area contributed by atoms with Gasteiger partial charge in [-0.05, 0) is 51.9 Å². The zero-order valence-electron chi connectivity index (χ0n) is 16.4. The van der Waals surface area contributed by atoms with Crippen molar-refractivity contribution in [1.29, 1.82) is 0 Å². The Balaban J connectivity index is 1.81. The van der Waals surface area contributed by atoms with E-state index in [9.17, 15) is 4.79 Å². The van der Waals surface area contributed by atoms with E-state index in [4.69, 9.17) is 23.2 Å². The predicted octanol–water partition coefficient (Wildman–Crippen LogP) is 7.46. The van der Waals surface area contributed by atoms with Crippen LogP contribution in [-0.2, 0) is 4.79 Å². The molecule has 0 bridgehead atoms. The van der Waals surface area contributed by atoms with Gasteiger partial charge in [-0.1, -0.05) is 73.4 Å². The van der Waals surface area contributed by atoms with E-state index < -0.39 is 0 Å². The van der Waals surface area contributed by atoms with Gasteiger partial charge >= 0.3 is 0 Å². The van der Waals surface area contributed by atoms with Crippen molar-refractivity contribution in [3.8, 4) is 0 Å². The van der Waals surface area contributed by atoms with Crippen LogP contribution in [0.2, 0.25) is 10.0 Å². The van der Waals surface area contributed by atoms with E-state index in [1.54, 1.807) is 6.07 Å². The number of rotatable bonds is 1. The highest BCUT2D eigenvalue weighted by Crippen LogP contribution is 2.52. The second-order valence-corrected chi connectivity index (χ2v) is 9.64. The first-order valence-corrected chi connectivity index (χ1v) is 10.6. The first-order valence-electron chi connectivity index (χ1n) is 9.84. The largest absolute Gasteiger partial charge is 0.374 e. The molecular weight excluding hydrogens is 401 g/mol. The zero-order chi connectivity index (χ0) is 20.3. The Labute approximate surface area is 180 Å². The number of hydrogen-bond acceptors (Lipinski definition) is 2. The number of fused-ring (bicyclic) bond motifs is 4. The number of nitrogens with one attached hydrogen (secondary N) is 1. The summed E-state index contributed by atoms with van der Waals surface area (Å²) >= 11 is 12.7. The molecule has 1 aliphatic heterocycles. The number of hydrogen-bond donors (Lipinski definition) is 1. The summed E-state index contributed by atoms with van der Waals surface area (Å²) in [6.07, 6.45) is 1.39. The zero-order valence-corrected chi connectivity index (χ0v) is 17.9. The second-order valence-electron chi connectivity index (χ2n) is 8.79. The second kappa shape index (κ2) is 6.62. The molecule has 0 radical (unpaired) electrons. The number of anilines is 1. The molecule has 1 N–H and O–H groups in total. The number of ketones is 1. The van der Waals surface area contributed by atoms with Gasteiger partial charge in [0.15, 0.2) is 5.78 Å². The van der Waals surface area contributed by atoms with Crippen molar-refractivity contribution < 1.29 is 4.79 Å². The minimum Gasteiger partial charge on any atom is -0.374 e. The van der Waals surface area contributed by atoms with Crippen LogP contribution in [0.25, 0.3) is 16.3 Å². The Bertz CT molecular complexity index is 1210. The fourth-order valence-electron chi connectivity index (χ4n) is 4.82. The van der Waals surface area contributed by atoms with Crippen molar-refractivity contribution in [2.75, 3.05) is 5.32 Å². The van der Waals surface area contributed by atoms with E-state index in [2.05, 4.69) is 43.4 Å². The molecule has 5 rings (SSSR count). The first kappa shape index (κ1) is 18.7. The maximum Gasteiger partial charge on any atom is 0.164 e. The molecule has 3 aromatic carbocycles. The highest BCUT2D eigenvalue weighted by Gasteiger charge is 2.41. The highest BCUT2D eigenvalue weighted by atomic mass is 35.5. The Hall–Kier alpha value is -2.29. The van der Waals surface area contributed by atoms with E-state index in [0.717, 1.165) is 45.2 Å². The van der Waals surface area contributed by atoms with E-state index in [1.165, 1.54) is 0 Å². The molecule has 3 aromatic rings. The van der Waals surface area contributed by atoms with E-state index >= 15 is 0 Å². The number of halogens is 2.